The number of aromatic nitrogens is 3. The third kappa shape index (κ3) is 2.80. The maximum absolute atomic E-state index is 4.44. The predicted molar refractivity (Wildman–Crippen MR) is 92.2 cm³/mol. The average Bonchev–Trinajstić information content (AvgIpc) is 3.15. The van der Waals surface area contributed by atoms with E-state index >= 15 is 0 Å². The standard InChI is InChI=1S/C19H25N3/c1-18(2,8-9-19(3,4)17-12-20-13-22-17)15-5-6-16-14(11-15)7-10-21-16/h5-7,10-13,21H,8-9H2,1-4H3,(H,20,22). The van der Waals surface area contributed by atoms with Gasteiger partial charge >= 0.3 is 0 Å². The van der Waals surface area contributed by atoms with Crippen LogP contribution in [-0.2, 0) is 10.8 Å². The van der Waals surface area contributed by atoms with Gasteiger partial charge in [0.15, 0.2) is 0 Å². The molecule has 3 nitrogen and oxygen atoms in total. The number of rotatable bonds is 5. The van der Waals surface area contributed by atoms with Crippen molar-refractivity contribution in [1.82, 2.24) is 15.0 Å². The van der Waals surface area contributed by atoms with Gasteiger partial charge < -0.3 is 9.97 Å². The molecule has 3 rings (SSSR count). The first-order chi connectivity index (χ1) is 10.4. The summed E-state index contributed by atoms with van der Waals surface area (Å²) in [6, 6.07) is 8.89. The maximum atomic E-state index is 4.44. The molecule has 3 aromatic rings. The number of nitrogens with zero attached hydrogens (tertiary/aromatic N) is 1. The molecule has 0 unspecified atom stereocenters. The molecule has 0 aliphatic heterocycles. The Balaban J connectivity index is 1.78. The van der Waals surface area contributed by atoms with Crippen LogP contribution in [0.15, 0.2) is 43.0 Å². The summed E-state index contributed by atoms with van der Waals surface area (Å²) in [5.74, 6) is 0. The van der Waals surface area contributed by atoms with E-state index in [2.05, 4.69) is 66.9 Å². The Morgan fingerprint density at radius 3 is 2.50 bits per heavy atom. The molecule has 0 bridgehead atoms. The van der Waals surface area contributed by atoms with Gasteiger partial charge in [0.05, 0.1) is 12.0 Å². The van der Waals surface area contributed by atoms with Crippen molar-refractivity contribution in [2.45, 2.75) is 51.4 Å². The van der Waals surface area contributed by atoms with Gasteiger partial charge in [-0.2, -0.15) is 0 Å². The van der Waals surface area contributed by atoms with E-state index < -0.39 is 0 Å². The zero-order chi connectivity index (χ0) is 15.8. The topological polar surface area (TPSA) is 44.5 Å². The minimum atomic E-state index is 0.0927. The highest BCUT2D eigenvalue weighted by atomic mass is 14.9. The smallest absolute Gasteiger partial charge is 0.0923 e. The molecule has 0 saturated heterocycles. The van der Waals surface area contributed by atoms with Crippen molar-refractivity contribution in [3.63, 3.8) is 0 Å². The van der Waals surface area contributed by atoms with Gasteiger partial charge in [0.1, 0.15) is 0 Å². The van der Waals surface area contributed by atoms with Crippen LogP contribution in [0.2, 0.25) is 0 Å². The predicted octanol–water partition coefficient (Wildman–Crippen LogP) is 4.93. The number of nitrogens with one attached hydrogen (secondary N) is 2. The van der Waals surface area contributed by atoms with Gasteiger partial charge in [0.25, 0.3) is 0 Å². The van der Waals surface area contributed by atoms with Crippen molar-refractivity contribution < 1.29 is 0 Å². The van der Waals surface area contributed by atoms with E-state index in [0.717, 1.165) is 18.5 Å². The summed E-state index contributed by atoms with van der Waals surface area (Å²) in [6.45, 7) is 9.21. The van der Waals surface area contributed by atoms with Crippen molar-refractivity contribution in [3.8, 4) is 0 Å². The Labute approximate surface area is 132 Å². The fourth-order valence-electron chi connectivity index (χ4n) is 3.00. The Bertz CT molecular complexity index is 748. The summed E-state index contributed by atoms with van der Waals surface area (Å²) in [5, 5.41) is 1.29. The molecule has 22 heavy (non-hydrogen) atoms. The van der Waals surface area contributed by atoms with Gasteiger partial charge in [-0.05, 0) is 47.4 Å². The van der Waals surface area contributed by atoms with Crippen LogP contribution in [0.5, 0.6) is 0 Å². The molecule has 0 fully saturated rings. The second kappa shape index (κ2) is 5.31. The molecule has 0 aliphatic carbocycles. The van der Waals surface area contributed by atoms with Crippen molar-refractivity contribution in [3.05, 3.63) is 54.2 Å². The molecule has 0 amide bonds. The minimum Gasteiger partial charge on any atom is -0.361 e. The molecule has 0 saturated carbocycles. The second-order valence-corrected chi connectivity index (χ2v) is 7.50. The summed E-state index contributed by atoms with van der Waals surface area (Å²) in [6.07, 6.45) is 8.02. The quantitative estimate of drug-likeness (QED) is 0.689. The molecule has 116 valence electrons. The molecular weight excluding hydrogens is 270 g/mol. The fourth-order valence-corrected chi connectivity index (χ4v) is 3.00. The Morgan fingerprint density at radius 2 is 1.77 bits per heavy atom. The highest BCUT2D eigenvalue weighted by molar-refractivity contribution is 5.80. The number of hydrogen-bond donors (Lipinski definition) is 2. The fraction of sp³-hybridized carbons (Fsp3) is 0.421. The highest BCUT2D eigenvalue weighted by Crippen LogP contribution is 2.36. The number of aromatic amines is 2. The van der Waals surface area contributed by atoms with Crippen LogP contribution in [0.3, 0.4) is 0 Å². The molecule has 2 heterocycles. The number of fused-ring (bicyclic) bond motifs is 1. The van der Waals surface area contributed by atoms with Crippen LogP contribution in [-0.4, -0.2) is 15.0 Å². The first kappa shape index (κ1) is 14.9. The van der Waals surface area contributed by atoms with E-state index in [4.69, 9.17) is 0 Å². The Morgan fingerprint density at radius 1 is 1.00 bits per heavy atom. The minimum absolute atomic E-state index is 0.0927. The zero-order valence-electron chi connectivity index (χ0n) is 13.9. The van der Waals surface area contributed by atoms with E-state index in [1.807, 2.05) is 12.4 Å². The average molecular weight is 295 g/mol. The summed E-state index contributed by atoms with van der Waals surface area (Å²) < 4.78 is 0. The summed E-state index contributed by atoms with van der Waals surface area (Å²) in [7, 11) is 0. The largest absolute Gasteiger partial charge is 0.361 e. The summed E-state index contributed by atoms with van der Waals surface area (Å²) in [5.41, 5.74) is 3.99. The van der Waals surface area contributed by atoms with Gasteiger partial charge in [0, 0.05) is 23.3 Å². The van der Waals surface area contributed by atoms with E-state index in [9.17, 15) is 0 Å². The Kier molecular flexibility index (Phi) is 3.59. The second-order valence-electron chi connectivity index (χ2n) is 7.50. The van der Waals surface area contributed by atoms with Gasteiger partial charge in [-0.3, -0.25) is 0 Å². The van der Waals surface area contributed by atoms with Gasteiger partial charge in [0.2, 0.25) is 0 Å². The zero-order valence-corrected chi connectivity index (χ0v) is 13.9. The lowest BCUT2D eigenvalue weighted by Gasteiger charge is -2.31. The van der Waals surface area contributed by atoms with E-state index in [0.29, 0.717) is 0 Å². The van der Waals surface area contributed by atoms with Crippen molar-refractivity contribution in [2.24, 2.45) is 0 Å². The maximum Gasteiger partial charge on any atom is 0.0923 e. The lowest BCUT2D eigenvalue weighted by atomic mass is 9.74. The first-order valence-electron chi connectivity index (χ1n) is 7.95. The molecule has 0 spiro atoms. The van der Waals surface area contributed by atoms with Crippen LogP contribution in [0.4, 0.5) is 0 Å². The van der Waals surface area contributed by atoms with E-state index in [-0.39, 0.29) is 10.8 Å². The van der Waals surface area contributed by atoms with Gasteiger partial charge in [-0.1, -0.05) is 33.8 Å². The third-order valence-electron chi connectivity index (χ3n) is 4.90. The van der Waals surface area contributed by atoms with Crippen LogP contribution in [0.25, 0.3) is 10.9 Å². The molecule has 0 radical (unpaired) electrons. The third-order valence-corrected chi connectivity index (χ3v) is 4.90. The monoisotopic (exact) mass is 295 g/mol. The molecule has 0 aliphatic rings. The number of benzene rings is 1. The van der Waals surface area contributed by atoms with Crippen LogP contribution in [0.1, 0.15) is 51.8 Å². The van der Waals surface area contributed by atoms with Crippen LogP contribution < -0.4 is 0 Å². The van der Waals surface area contributed by atoms with Crippen LogP contribution >= 0.6 is 0 Å². The molecular formula is C19H25N3. The van der Waals surface area contributed by atoms with Crippen molar-refractivity contribution in [1.29, 1.82) is 0 Å². The van der Waals surface area contributed by atoms with Gasteiger partial charge in [-0.25, -0.2) is 4.98 Å². The molecule has 3 heteroatoms. The molecule has 1 aromatic carbocycles. The van der Waals surface area contributed by atoms with E-state index in [1.54, 1.807) is 6.33 Å². The van der Waals surface area contributed by atoms with Crippen molar-refractivity contribution >= 4 is 10.9 Å². The van der Waals surface area contributed by atoms with Gasteiger partial charge in [-0.15, -0.1) is 0 Å². The number of H-pyrrole nitrogens is 2. The lowest BCUT2D eigenvalue weighted by Crippen LogP contribution is -2.24. The SMILES string of the molecule is CC(C)(CCC(C)(C)c1c[nH]cn1)c1ccc2[nH]ccc2c1. The summed E-state index contributed by atoms with van der Waals surface area (Å²) >= 11 is 0. The molecule has 2 aromatic heterocycles. The van der Waals surface area contributed by atoms with E-state index in [1.165, 1.54) is 16.5 Å². The molecule has 0 atom stereocenters. The summed E-state index contributed by atoms with van der Waals surface area (Å²) in [4.78, 5) is 10.8. The van der Waals surface area contributed by atoms with Crippen molar-refractivity contribution in [2.75, 3.05) is 0 Å². The first-order valence-corrected chi connectivity index (χ1v) is 7.95. The van der Waals surface area contributed by atoms with Crippen LogP contribution in [0, 0.1) is 0 Å². The lowest BCUT2D eigenvalue weighted by molar-refractivity contribution is 0.370. The normalized spacial score (nSPS) is 12.9. The number of imidazole rings is 1. The number of hydrogen-bond acceptors (Lipinski definition) is 1. The molecule has 2 N–H and O–H groups in total. The highest BCUT2D eigenvalue weighted by Gasteiger charge is 2.28. The Hall–Kier alpha value is -2.03.